The van der Waals surface area contributed by atoms with Crippen molar-refractivity contribution in [3.63, 3.8) is 0 Å². The maximum Gasteiger partial charge on any atom is 0.238 e. The molecule has 0 amide bonds. The molecule has 658 valence electrons. The van der Waals surface area contributed by atoms with E-state index >= 15 is 0 Å². The summed E-state index contributed by atoms with van der Waals surface area (Å²) in [4.78, 5) is 32.9. The van der Waals surface area contributed by atoms with Gasteiger partial charge in [-0.15, -0.1) is 0 Å². The Hall–Kier alpha value is -19.2. The molecule has 0 saturated heterocycles. The quantitative estimate of drug-likeness (QED) is 0.120. The van der Waals surface area contributed by atoms with Gasteiger partial charge >= 0.3 is 0 Å². The van der Waals surface area contributed by atoms with Crippen LogP contribution in [0.15, 0.2) is 485 Å². The average Bonchev–Trinajstić information content (AvgIpc) is 1.55. The van der Waals surface area contributed by atoms with Crippen molar-refractivity contribution >= 4 is 184 Å². The topological polar surface area (TPSA) is 97.1 Å². The summed E-state index contributed by atoms with van der Waals surface area (Å²) in [6, 6.07) is 175. The van der Waals surface area contributed by atoms with Crippen LogP contribution in [0, 0.1) is 0 Å². The Labute approximate surface area is 814 Å². The third-order valence-electron chi connectivity index (χ3n) is 29.3. The number of para-hydroxylation sites is 4. The highest BCUT2D eigenvalue weighted by molar-refractivity contribution is 6.21. The molecule has 0 radical (unpaired) electrons. The van der Waals surface area contributed by atoms with Crippen LogP contribution >= 0.6 is 0 Å². The zero-order chi connectivity index (χ0) is 93.1. The average molecular weight is 1810 g/mol. The van der Waals surface area contributed by atoms with Crippen LogP contribution in [-0.4, -0.2) is 48.2 Å². The van der Waals surface area contributed by atoms with E-state index in [1.165, 1.54) is 92.7 Å². The number of hydrogen-bond donors (Lipinski definition) is 0. The van der Waals surface area contributed by atoms with Gasteiger partial charge in [0.05, 0.1) is 49.8 Å². The molecule has 0 bridgehead atoms. The molecule has 6 aromatic heterocycles. The molecule has 24 aromatic carbocycles. The van der Waals surface area contributed by atoms with E-state index < -0.39 is 0 Å². The van der Waals surface area contributed by atoms with Crippen LogP contribution in [0.25, 0.3) is 286 Å². The highest BCUT2D eigenvalue weighted by Gasteiger charge is 2.27. The van der Waals surface area contributed by atoms with E-state index in [1.807, 2.05) is 0 Å². The maximum atomic E-state index is 5.50. The number of benzene rings is 24. The summed E-state index contributed by atoms with van der Waals surface area (Å²) >= 11 is 0. The number of aromatic nitrogens is 10. The van der Waals surface area contributed by atoms with Gasteiger partial charge in [-0.1, -0.05) is 370 Å². The molecule has 10 nitrogen and oxygen atoms in total. The van der Waals surface area contributed by atoms with Crippen molar-refractivity contribution in [1.29, 1.82) is 0 Å². The van der Waals surface area contributed by atoms with Gasteiger partial charge in [0.25, 0.3) is 0 Å². The lowest BCUT2D eigenvalue weighted by atomic mass is 9.96. The van der Waals surface area contributed by atoms with Gasteiger partial charge in [-0.3, -0.25) is 9.13 Å². The first-order valence-corrected chi connectivity index (χ1v) is 48.4. The van der Waals surface area contributed by atoms with E-state index in [1.54, 1.807) is 0 Å². The predicted molar refractivity (Wildman–Crippen MR) is 593 cm³/mol. The molecule has 0 spiro atoms. The van der Waals surface area contributed by atoms with Crippen LogP contribution in [0.4, 0.5) is 0 Å². The summed E-state index contributed by atoms with van der Waals surface area (Å²) < 4.78 is 9.29. The molecule has 0 saturated carbocycles. The number of hydrogen-bond acceptors (Lipinski definition) is 6. The maximum absolute atomic E-state index is 5.50. The van der Waals surface area contributed by atoms with Gasteiger partial charge < -0.3 is 9.13 Å². The third-order valence-corrected chi connectivity index (χ3v) is 29.3. The van der Waals surface area contributed by atoms with Gasteiger partial charge in [-0.25, -0.2) is 9.97 Å². The summed E-state index contributed by atoms with van der Waals surface area (Å²) in [5.74, 6) is 3.62. The highest BCUT2D eigenvalue weighted by Crippen LogP contribution is 2.47. The molecule has 6 heterocycles. The minimum Gasteiger partial charge on any atom is -0.309 e. The second-order valence-electron chi connectivity index (χ2n) is 37.1. The first-order valence-electron chi connectivity index (χ1n) is 48.4. The number of fused-ring (bicyclic) bond motifs is 25. The Balaban J connectivity index is 0.000000136. The smallest absolute Gasteiger partial charge is 0.238 e. The van der Waals surface area contributed by atoms with Gasteiger partial charge in [-0.05, 0) is 240 Å². The van der Waals surface area contributed by atoms with Crippen LogP contribution in [0.5, 0.6) is 0 Å². The molecular formula is C132H80N10. The van der Waals surface area contributed by atoms with Gasteiger partial charge in [-0.2, -0.15) is 19.9 Å². The molecule has 0 aliphatic heterocycles. The van der Waals surface area contributed by atoms with Gasteiger partial charge in [0.1, 0.15) is 0 Å². The molecule has 142 heavy (non-hydrogen) atoms. The normalized spacial score (nSPS) is 11.9. The molecule has 0 N–H and O–H groups in total. The van der Waals surface area contributed by atoms with Gasteiger partial charge in [0, 0.05) is 76.4 Å². The standard InChI is InChI=1S/C67H41N5.C65H39N5/c1-2-17-42(18-3-1)43-21-16-22-48(37-43)71-61-31-14-12-29-55(61)57-38-44(33-35-63(57)71)45-34-36-64-58(39-45)56-30-13-15-32-62(56)72(64)67-69-65(59-40-46-19-4-6-23-49(46)51-25-8-10-27-53(51)59)68-66(70-67)60-41-47-20-5-7-24-50(47)52-26-9-11-28-54(52)60;1-6-22-47-40(16-1)19-15-31-58(47)69-59-29-13-11-27-52(59)54-36-41(32-34-61(54)69)42-33-35-62-55(37-42)53-28-12-14-30-60(53)70(62)65-67-63(56-38-43-17-2-4-20-45(43)48-23-7-9-25-50(48)56)66-64(68-65)57-39-44-18-3-5-21-46(44)49-24-8-10-26-51(49)57/h1-41H;1-39H. The molecular weight excluding hydrogens is 1730 g/mol. The minimum absolute atomic E-state index is 0.564. The summed E-state index contributed by atoms with van der Waals surface area (Å²) in [6.07, 6.45) is 0. The van der Waals surface area contributed by atoms with Crippen molar-refractivity contribution in [3.05, 3.63) is 485 Å². The van der Waals surface area contributed by atoms with Crippen LogP contribution in [0.2, 0.25) is 0 Å². The highest BCUT2D eigenvalue weighted by atomic mass is 15.2. The Morgan fingerprint density at radius 2 is 0.373 bits per heavy atom. The molecule has 10 heteroatoms. The second-order valence-corrected chi connectivity index (χ2v) is 37.1. The molecule has 0 aliphatic carbocycles. The fourth-order valence-electron chi connectivity index (χ4n) is 22.8. The molecule has 0 unspecified atom stereocenters. The third kappa shape index (κ3) is 12.8. The Kier molecular flexibility index (Phi) is 18.2. The lowest BCUT2D eigenvalue weighted by Gasteiger charge is -2.15. The molecule has 0 atom stereocenters. The fraction of sp³-hybridized carbons (Fsp3) is 0. The van der Waals surface area contributed by atoms with Crippen LogP contribution in [0.3, 0.4) is 0 Å². The zero-order valence-corrected chi connectivity index (χ0v) is 76.7. The van der Waals surface area contributed by atoms with E-state index in [0.29, 0.717) is 35.2 Å². The molecule has 0 fully saturated rings. The largest absolute Gasteiger partial charge is 0.309 e. The van der Waals surface area contributed by atoms with Crippen LogP contribution in [0.1, 0.15) is 0 Å². The lowest BCUT2D eigenvalue weighted by molar-refractivity contribution is 0.955. The Bertz CT molecular complexity index is 10300. The van der Waals surface area contributed by atoms with Crippen molar-refractivity contribution in [1.82, 2.24) is 48.2 Å². The van der Waals surface area contributed by atoms with E-state index in [-0.39, 0.29) is 0 Å². The monoisotopic (exact) mass is 1800 g/mol. The van der Waals surface area contributed by atoms with E-state index in [4.69, 9.17) is 29.9 Å². The summed E-state index contributed by atoms with van der Waals surface area (Å²) in [6.45, 7) is 0. The molecule has 30 rings (SSSR count). The van der Waals surface area contributed by atoms with E-state index in [0.717, 1.165) is 158 Å². The fourth-order valence-corrected chi connectivity index (χ4v) is 22.8. The Morgan fingerprint density at radius 3 is 0.739 bits per heavy atom. The van der Waals surface area contributed by atoms with E-state index in [9.17, 15) is 0 Å². The van der Waals surface area contributed by atoms with Crippen molar-refractivity contribution in [3.8, 4) is 102 Å². The van der Waals surface area contributed by atoms with Gasteiger partial charge in [0.2, 0.25) is 11.9 Å². The summed E-state index contributed by atoms with van der Waals surface area (Å²) in [7, 11) is 0. The van der Waals surface area contributed by atoms with Crippen molar-refractivity contribution in [2.24, 2.45) is 0 Å². The summed E-state index contributed by atoms with van der Waals surface area (Å²) in [5.41, 5.74) is 21.9. The molecule has 0 aliphatic rings. The van der Waals surface area contributed by atoms with E-state index in [2.05, 4.69) is 504 Å². The first-order chi connectivity index (χ1) is 70.4. The summed E-state index contributed by atoms with van der Waals surface area (Å²) in [5, 5.41) is 30.2. The SMILES string of the molecule is c1ccc(-c2cccc(-n3c4ccccc4c4cc(-c5ccc6c(c5)c5ccccc5n6-c5nc(-c6cc7ccccc7c7ccccc67)nc(-c6cc7ccccc7c7ccccc67)n5)ccc43)c2)cc1.c1ccc2c(-n3c4ccccc4c4cc(-c5ccc6c(c5)c5ccccc5n6-c5nc(-c6cc7ccccc7c7ccccc67)nc(-c6cc7ccccc7c7ccccc67)n5)ccc43)cccc2c1. The molecule has 30 aromatic rings. The second kappa shape index (κ2) is 32.3. The predicted octanol–water partition coefficient (Wildman–Crippen LogP) is 34.2. The van der Waals surface area contributed by atoms with Crippen molar-refractivity contribution in [2.45, 2.75) is 0 Å². The Morgan fingerprint density at radius 1 is 0.127 bits per heavy atom. The van der Waals surface area contributed by atoms with Crippen LogP contribution in [-0.2, 0) is 0 Å². The van der Waals surface area contributed by atoms with Gasteiger partial charge in [0.15, 0.2) is 23.3 Å². The van der Waals surface area contributed by atoms with Crippen LogP contribution < -0.4 is 0 Å². The zero-order valence-electron chi connectivity index (χ0n) is 76.7. The van der Waals surface area contributed by atoms with Crippen molar-refractivity contribution < 1.29 is 0 Å². The lowest BCUT2D eigenvalue weighted by Crippen LogP contribution is -2.07. The number of nitrogens with zero attached hydrogens (tertiary/aromatic N) is 10. The first kappa shape index (κ1) is 80.1. The minimum atomic E-state index is 0.564. The number of rotatable bonds is 11. The van der Waals surface area contributed by atoms with Crippen molar-refractivity contribution in [2.75, 3.05) is 0 Å².